The minimum atomic E-state index is -0.358. The Balaban J connectivity index is 1.69. The summed E-state index contributed by atoms with van der Waals surface area (Å²) in [6.07, 6.45) is 4.12. The van der Waals surface area contributed by atoms with Crippen LogP contribution in [0.15, 0.2) is 53.6 Å². The summed E-state index contributed by atoms with van der Waals surface area (Å²) in [4.78, 5) is 32.0. The van der Waals surface area contributed by atoms with E-state index < -0.39 is 0 Å². The number of aliphatic hydroxyl groups is 1. The Morgan fingerprint density at radius 3 is 2.82 bits per heavy atom. The number of nitrogens with one attached hydrogen (secondary N) is 2. The van der Waals surface area contributed by atoms with E-state index in [2.05, 4.69) is 15.3 Å². The van der Waals surface area contributed by atoms with Crippen LogP contribution in [0.25, 0.3) is 10.9 Å². The fourth-order valence-corrected chi connectivity index (χ4v) is 3.70. The first-order chi connectivity index (χ1) is 13.5. The van der Waals surface area contributed by atoms with Gasteiger partial charge in [0, 0.05) is 23.2 Å². The van der Waals surface area contributed by atoms with E-state index in [1.54, 1.807) is 37.7 Å². The van der Waals surface area contributed by atoms with Crippen LogP contribution in [0.5, 0.6) is 5.75 Å². The third-order valence-electron chi connectivity index (χ3n) is 5.23. The maximum absolute atomic E-state index is 13.1. The van der Waals surface area contributed by atoms with Crippen molar-refractivity contribution in [1.82, 2.24) is 15.3 Å². The number of benzene rings is 1. The first kappa shape index (κ1) is 18.2. The highest BCUT2D eigenvalue weighted by Crippen LogP contribution is 2.38. The molecule has 2 aromatic heterocycles. The van der Waals surface area contributed by atoms with E-state index >= 15 is 0 Å². The summed E-state index contributed by atoms with van der Waals surface area (Å²) in [7, 11) is 1.56. The van der Waals surface area contributed by atoms with Crippen molar-refractivity contribution in [2.75, 3.05) is 7.11 Å². The van der Waals surface area contributed by atoms with Crippen LogP contribution >= 0.6 is 0 Å². The Morgan fingerprint density at radius 2 is 2.07 bits per heavy atom. The number of aliphatic hydroxyl groups excluding tert-OH is 1. The second-order valence-corrected chi connectivity index (χ2v) is 7.09. The number of amides is 1. The van der Waals surface area contributed by atoms with Crippen LogP contribution < -0.4 is 15.6 Å². The molecule has 28 heavy (non-hydrogen) atoms. The number of nitrogens with zero attached hydrogens (tertiary/aromatic N) is 1. The summed E-state index contributed by atoms with van der Waals surface area (Å²) in [6.45, 7) is 0. The molecule has 2 heterocycles. The lowest BCUT2D eigenvalue weighted by molar-refractivity contribution is 0.0234. The molecule has 3 aromatic rings. The highest BCUT2D eigenvalue weighted by Gasteiger charge is 2.36. The summed E-state index contributed by atoms with van der Waals surface area (Å²) in [5.41, 5.74) is 1.40. The molecular formula is C21H21N3O4. The Morgan fingerprint density at radius 1 is 1.29 bits per heavy atom. The number of hydrogen-bond acceptors (Lipinski definition) is 5. The fourth-order valence-electron chi connectivity index (χ4n) is 3.70. The average molecular weight is 379 g/mol. The second-order valence-electron chi connectivity index (χ2n) is 7.09. The second kappa shape index (κ2) is 7.44. The Bertz CT molecular complexity index is 1070. The number of rotatable bonds is 5. The SMILES string of the molecule is COc1cncc([C@H](NC(=O)c2cc(=O)[nH]c3ccccc23)C2CC(O)C2)c1. The van der Waals surface area contributed by atoms with E-state index in [4.69, 9.17) is 4.74 Å². The standard InChI is InChI=1S/C21H21N3O4/c1-28-15-8-13(10-22-11-15)20(12-6-14(25)7-12)24-21(27)17-9-19(26)23-18-5-3-2-4-16(17)18/h2-5,8-12,14,20,25H,6-7H2,1H3,(H,23,26)(H,24,27)/t12?,14?,20-/m1/s1. The van der Waals surface area contributed by atoms with Crippen molar-refractivity contribution >= 4 is 16.8 Å². The van der Waals surface area contributed by atoms with Gasteiger partial charge in [0.05, 0.1) is 31.0 Å². The molecule has 0 spiro atoms. The predicted molar refractivity (Wildman–Crippen MR) is 104 cm³/mol. The number of pyridine rings is 2. The molecule has 1 aliphatic rings. The summed E-state index contributed by atoms with van der Waals surface area (Å²) < 4.78 is 5.25. The molecule has 3 N–H and O–H groups in total. The summed E-state index contributed by atoms with van der Waals surface area (Å²) in [6, 6.07) is 10.0. The molecule has 1 atom stereocenters. The van der Waals surface area contributed by atoms with Gasteiger partial charge < -0.3 is 20.1 Å². The van der Waals surface area contributed by atoms with Crippen molar-refractivity contribution in [3.8, 4) is 5.75 Å². The highest BCUT2D eigenvalue weighted by molar-refractivity contribution is 6.06. The Kier molecular flexibility index (Phi) is 4.83. The molecule has 1 aliphatic carbocycles. The Labute approximate surface area is 161 Å². The molecule has 1 fully saturated rings. The number of ether oxygens (including phenoxy) is 1. The predicted octanol–water partition coefficient (Wildman–Crippen LogP) is 2.17. The van der Waals surface area contributed by atoms with E-state index in [0.29, 0.717) is 35.1 Å². The topological polar surface area (TPSA) is 104 Å². The zero-order valence-corrected chi connectivity index (χ0v) is 15.4. The van der Waals surface area contributed by atoms with Gasteiger partial charge in [-0.3, -0.25) is 14.6 Å². The van der Waals surface area contributed by atoms with Gasteiger partial charge in [-0.15, -0.1) is 0 Å². The number of H-pyrrole nitrogens is 1. The van der Waals surface area contributed by atoms with Crippen LogP contribution in [0.1, 0.15) is 34.8 Å². The van der Waals surface area contributed by atoms with Gasteiger partial charge in [0.2, 0.25) is 5.56 Å². The molecule has 0 unspecified atom stereocenters. The van der Waals surface area contributed by atoms with Gasteiger partial charge in [-0.25, -0.2) is 0 Å². The first-order valence-corrected chi connectivity index (χ1v) is 9.15. The molecular weight excluding hydrogens is 358 g/mol. The minimum absolute atomic E-state index is 0.0844. The van der Waals surface area contributed by atoms with E-state index in [1.807, 2.05) is 12.1 Å². The lowest BCUT2D eigenvalue weighted by Gasteiger charge is -2.38. The number of aromatic amines is 1. The van der Waals surface area contributed by atoms with Crippen molar-refractivity contribution in [2.24, 2.45) is 5.92 Å². The fraction of sp³-hybridized carbons (Fsp3) is 0.286. The monoisotopic (exact) mass is 379 g/mol. The third kappa shape index (κ3) is 3.48. The smallest absolute Gasteiger partial charge is 0.252 e. The maximum Gasteiger partial charge on any atom is 0.252 e. The van der Waals surface area contributed by atoms with E-state index in [1.165, 1.54) is 6.07 Å². The van der Waals surface area contributed by atoms with Crippen molar-refractivity contribution in [3.63, 3.8) is 0 Å². The number of carbonyl (C=O) groups excluding carboxylic acids is 1. The highest BCUT2D eigenvalue weighted by atomic mass is 16.5. The number of methoxy groups -OCH3 is 1. The molecule has 7 nitrogen and oxygen atoms in total. The molecule has 1 saturated carbocycles. The van der Waals surface area contributed by atoms with Crippen molar-refractivity contribution in [3.05, 3.63) is 70.3 Å². The Hall–Kier alpha value is -3.19. The third-order valence-corrected chi connectivity index (χ3v) is 5.23. The number of aromatic nitrogens is 2. The van der Waals surface area contributed by atoms with Crippen LogP contribution in [0.2, 0.25) is 0 Å². The van der Waals surface area contributed by atoms with Gasteiger partial charge >= 0.3 is 0 Å². The van der Waals surface area contributed by atoms with E-state index in [9.17, 15) is 14.7 Å². The number of hydrogen-bond donors (Lipinski definition) is 3. The lowest BCUT2D eigenvalue weighted by Crippen LogP contribution is -2.41. The van der Waals surface area contributed by atoms with Crippen molar-refractivity contribution < 1.29 is 14.6 Å². The quantitative estimate of drug-likeness (QED) is 0.630. The van der Waals surface area contributed by atoms with Crippen LogP contribution in [-0.4, -0.2) is 34.2 Å². The average Bonchev–Trinajstić information content (AvgIpc) is 2.69. The molecule has 0 radical (unpaired) electrons. The summed E-state index contributed by atoms with van der Waals surface area (Å²) in [5.74, 6) is 0.343. The zero-order valence-electron chi connectivity index (χ0n) is 15.4. The minimum Gasteiger partial charge on any atom is -0.495 e. The summed E-state index contributed by atoms with van der Waals surface area (Å²) in [5, 5.41) is 13.5. The van der Waals surface area contributed by atoms with Gasteiger partial charge in [-0.1, -0.05) is 18.2 Å². The van der Waals surface area contributed by atoms with Gasteiger partial charge in [0.1, 0.15) is 5.75 Å². The molecule has 7 heteroatoms. The van der Waals surface area contributed by atoms with E-state index in [-0.39, 0.29) is 29.5 Å². The van der Waals surface area contributed by atoms with Crippen LogP contribution in [0.3, 0.4) is 0 Å². The van der Waals surface area contributed by atoms with Crippen LogP contribution in [0.4, 0.5) is 0 Å². The zero-order chi connectivity index (χ0) is 19.7. The molecule has 1 aromatic carbocycles. The maximum atomic E-state index is 13.1. The van der Waals surface area contributed by atoms with E-state index in [0.717, 1.165) is 5.56 Å². The van der Waals surface area contributed by atoms with Crippen LogP contribution in [-0.2, 0) is 0 Å². The molecule has 0 saturated heterocycles. The number of carbonyl (C=O) groups is 1. The molecule has 144 valence electrons. The normalized spacial score (nSPS) is 19.6. The molecule has 0 aliphatic heterocycles. The summed E-state index contributed by atoms with van der Waals surface area (Å²) >= 11 is 0. The van der Waals surface area contributed by atoms with Crippen LogP contribution in [0, 0.1) is 5.92 Å². The lowest BCUT2D eigenvalue weighted by atomic mass is 9.75. The largest absolute Gasteiger partial charge is 0.495 e. The molecule has 1 amide bonds. The number of fused-ring (bicyclic) bond motifs is 1. The first-order valence-electron chi connectivity index (χ1n) is 9.15. The van der Waals surface area contributed by atoms with Crippen molar-refractivity contribution in [2.45, 2.75) is 25.0 Å². The van der Waals surface area contributed by atoms with Gasteiger partial charge in [0.15, 0.2) is 0 Å². The van der Waals surface area contributed by atoms with Gasteiger partial charge in [-0.2, -0.15) is 0 Å². The molecule has 4 rings (SSSR count). The number of para-hydroxylation sites is 1. The van der Waals surface area contributed by atoms with Gasteiger partial charge in [-0.05, 0) is 36.5 Å². The molecule has 0 bridgehead atoms. The van der Waals surface area contributed by atoms with Gasteiger partial charge in [0.25, 0.3) is 5.91 Å². The van der Waals surface area contributed by atoms with Crippen molar-refractivity contribution in [1.29, 1.82) is 0 Å².